The molecule has 0 bridgehead atoms. The number of carbonyl (C=O) groups is 1. The number of hydrogen-bond donors (Lipinski definition) is 0. The predicted molar refractivity (Wildman–Crippen MR) is 104 cm³/mol. The van der Waals surface area contributed by atoms with Crippen molar-refractivity contribution in [2.75, 3.05) is 6.61 Å². The second-order valence-corrected chi connectivity index (χ2v) is 7.56. The van der Waals surface area contributed by atoms with Gasteiger partial charge in [0.1, 0.15) is 12.7 Å². The molecular weight excluding hydrogens is 380 g/mol. The molecule has 0 amide bonds. The zero-order valence-corrected chi connectivity index (χ0v) is 16.3. The van der Waals surface area contributed by atoms with Crippen LogP contribution in [0, 0.1) is 18.8 Å². The van der Waals surface area contributed by atoms with Crippen LogP contribution in [-0.4, -0.2) is 24.3 Å². The van der Waals surface area contributed by atoms with Crippen molar-refractivity contribution in [2.45, 2.75) is 32.5 Å². The fourth-order valence-corrected chi connectivity index (χ4v) is 3.76. The standard InChI is InChI=1S/C21H21ClN2O4/c1-12-19(28-21(25)16-9-14(16)7-8-27-23-2)18-11-26-20(17(18)10-24-12)13-3-5-15(22)6-4-13/h3-6,10,14,16,20H,2,7-9,11H2,1H3/t14-,16-,20+/m1/s1. The van der Waals surface area contributed by atoms with Gasteiger partial charge in [-0.2, -0.15) is 0 Å². The van der Waals surface area contributed by atoms with E-state index in [9.17, 15) is 4.79 Å². The highest BCUT2D eigenvalue weighted by Crippen LogP contribution is 2.44. The first-order valence-corrected chi connectivity index (χ1v) is 9.61. The smallest absolute Gasteiger partial charge is 0.314 e. The lowest BCUT2D eigenvalue weighted by Crippen LogP contribution is -2.14. The number of halogens is 1. The molecule has 0 saturated heterocycles. The fourth-order valence-electron chi connectivity index (χ4n) is 3.63. The highest BCUT2D eigenvalue weighted by molar-refractivity contribution is 6.30. The Morgan fingerprint density at radius 1 is 1.39 bits per heavy atom. The number of fused-ring (bicyclic) bond motifs is 1. The summed E-state index contributed by atoms with van der Waals surface area (Å²) in [6.45, 7) is 5.96. The second-order valence-electron chi connectivity index (χ2n) is 7.12. The maximum absolute atomic E-state index is 12.6. The molecule has 1 aromatic heterocycles. The molecule has 1 aliphatic carbocycles. The van der Waals surface area contributed by atoms with Crippen LogP contribution in [0.5, 0.6) is 5.75 Å². The molecule has 0 radical (unpaired) electrons. The molecule has 0 unspecified atom stereocenters. The molecule has 0 spiro atoms. The molecule has 6 nitrogen and oxygen atoms in total. The summed E-state index contributed by atoms with van der Waals surface area (Å²) in [7, 11) is 0. The van der Waals surface area contributed by atoms with Crippen LogP contribution in [0.1, 0.15) is 41.3 Å². The van der Waals surface area contributed by atoms with Crippen LogP contribution < -0.4 is 4.74 Å². The Morgan fingerprint density at radius 2 is 2.18 bits per heavy atom. The Balaban J connectivity index is 1.49. The van der Waals surface area contributed by atoms with Crippen molar-refractivity contribution in [3.63, 3.8) is 0 Å². The van der Waals surface area contributed by atoms with E-state index in [1.54, 1.807) is 6.20 Å². The molecule has 1 aliphatic heterocycles. The number of nitrogens with zero attached hydrogens (tertiary/aromatic N) is 2. The number of pyridine rings is 1. The lowest BCUT2D eigenvalue weighted by molar-refractivity contribution is -0.136. The highest BCUT2D eigenvalue weighted by Gasteiger charge is 2.44. The lowest BCUT2D eigenvalue weighted by atomic mass is 10.0. The molecule has 28 heavy (non-hydrogen) atoms. The average Bonchev–Trinajstić information content (AvgIpc) is 3.34. The van der Waals surface area contributed by atoms with Crippen molar-refractivity contribution < 1.29 is 19.1 Å². The molecule has 146 valence electrons. The van der Waals surface area contributed by atoms with Crippen molar-refractivity contribution in [3.8, 4) is 5.75 Å². The van der Waals surface area contributed by atoms with Crippen LogP contribution in [-0.2, 0) is 21.0 Å². The van der Waals surface area contributed by atoms with E-state index >= 15 is 0 Å². The molecule has 2 aliphatic rings. The molecule has 0 N–H and O–H groups in total. The van der Waals surface area contributed by atoms with E-state index in [-0.39, 0.29) is 23.9 Å². The van der Waals surface area contributed by atoms with Gasteiger partial charge >= 0.3 is 5.97 Å². The summed E-state index contributed by atoms with van der Waals surface area (Å²) in [6, 6.07) is 7.53. The SMILES string of the molecule is C=NOCC[C@@H]1C[C@H]1C(=O)Oc1c(C)ncc2c1CO[C@H]2c1ccc(Cl)cc1. The Labute approximate surface area is 168 Å². The van der Waals surface area contributed by atoms with E-state index < -0.39 is 0 Å². The van der Waals surface area contributed by atoms with Crippen molar-refractivity contribution in [2.24, 2.45) is 17.0 Å². The van der Waals surface area contributed by atoms with E-state index in [0.717, 1.165) is 29.5 Å². The van der Waals surface area contributed by atoms with Gasteiger partial charge in [-0.05, 0) is 43.4 Å². The lowest BCUT2D eigenvalue weighted by Gasteiger charge is -2.13. The van der Waals surface area contributed by atoms with Crippen molar-refractivity contribution in [1.82, 2.24) is 4.98 Å². The van der Waals surface area contributed by atoms with Gasteiger partial charge in [-0.15, -0.1) is 5.16 Å². The van der Waals surface area contributed by atoms with Gasteiger partial charge in [0.2, 0.25) is 0 Å². The first-order chi connectivity index (χ1) is 13.6. The second kappa shape index (κ2) is 7.89. The number of aromatic nitrogens is 1. The molecular formula is C21H21ClN2O4. The summed E-state index contributed by atoms with van der Waals surface area (Å²) in [5.74, 6) is 0.480. The number of esters is 1. The van der Waals surface area contributed by atoms with Crippen molar-refractivity contribution >= 4 is 24.3 Å². The molecule has 1 fully saturated rings. The van der Waals surface area contributed by atoms with E-state index in [1.165, 1.54) is 0 Å². The van der Waals surface area contributed by atoms with Crippen LogP contribution in [0.15, 0.2) is 35.6 Å². The highest BCUT2D eigenvalue weighted by atomic mass is 35.5. The number of aryl methyl sites for hydroxylation is 1. The molecule has 1 aromatic carbocycles. The maximum atomic E-state index is 12.6. The van der Waals surface area contributed by atoms with Gasteiger partial charge in [-0.3, -0.25) is 9.78 Å². The first-order valence-electron chi connectivity index (χ1n) is 9.23. The third-order valence-electron chi connectivity index (χ3n) is 5.30. The van der Waals surface area contributed by atoms with Gasteiger partial charge in [-0.1, -0.05) is 23.7 Å². The normalized spacial score (nSPS) is 22.4. The minimum atomic E-state index is -0.241. The van der Waals surface area contributed by atoms with Crippen LogP contribution in [0.25, 0.3) is 0 Å². The van der Waals surface area contributed by atoms with Gasteiger partial charge in [-0.25, -0.2) is 0 Å². The Morgan fingerprint density at radius 3 is 2.93 bits per heavy atom. The third kappa shape index (κ3) is 3.75. The molecule has 2 aromatic rings. The summed E-state index contributed by atoms with van der Waals surface area (Å²) in [6.07, 6.45) is 3.14. The number of rotatable bonds is 7. The Hall–Kier alpha value is -2.44. The topological polar surface area (TPSA) is 70.0 Å². The van der Waals surface area contributed by atoms with E-state index in [1.807, 2.05) is 31.2 Å². The van der Waals surface area contributed by atoms with Gasteiger partial charge in [0.05, 0.1) is 18.2 Å². The predicted octanol–water partition coefficient (Wildman–Crippen LogP) is 4.23. The summed E-state index contributed by atoms with van der Waals surface area (Å²) >= 11 is 5.98. The zero-order valence-electron chi connectivity index (χ0n) is 15.6. The number of carbonyl (C=O) groups excluding carboxylic acids is 1. The Bertz CT molecular complexity index is 900. The third-order valence-corrected chi connectivity index (χ3v) is 5.55. The van der Waals surface area contributed by atoms with Gasteiger partial charge in [0, 0.05) is 29.1 Å². The van der Waals surface area contributed by atoms with E-state index in [2.05, 4.69) is 16.9 Å². The van der Waals surface area contributed by atoms with Gasteiger partial charge in [0.15, 0.2) is 5.75 Å². The molecule has 2 heterocycles. The summed E-state index contributed by atoms with van der Waals surface area (Å²) in [5, 5.41) is 4.04. The molecule has 4 rings (SSSR count). The van der Waals surface area contributed by atoms with Gasteiger partial charge < -0.3 is 14.3 Å². The fraction of sp³-hybridized carbons (Fsp3) is 0.381. The first kappa shape index (κ1) is 18.9. The quantitative estimate of drug-likeness (QED) is 0.301. The van der Waals surface area contributed by atoms with Crippen LogP contribution in [0.2, 0.25) is 5.02 Å². The largest absolute Gasteiger partial charge is 0.424 e. The summed E-state index contributed by atoms with van der Waals surface area (Å²) in [5.41, 5.74) is 3.48. The van der Waals surface area contributed by atoms with E-state index in [0.29, 0.717) is 29.7 Å². The number of ether oxygens (including phenoxy) is 2. The summed E-state index contributed by atoms with van der Waals surface area (Å²) < 4.78 is 11.8. The monoisotopic (exact) mass is 400 g/mol. The molecule has 1 saturated carbocycles. The minimum Gasteiger partial charge on any atom is -0.424 e. The van der Waals surface area contributed by atoms with Crippen molar-refractivity contribution in [1.29, 1.82) is 0 Å². The zero-order chi connectivity index (χ0) is 19.7. The number of hydrogen-bond acceptors (Lipinski definition) is 6. The maximum Gasteiger partial charge on any atom is 0.314 e. The summed E-state index contributed by atoms with van der Waals surface area (Å²) in [4.78, 5) is 21.9. The van der Waals surface area contributed by atoms with Gasteiger partial charge in [0.25, 0.3) is 0 Å². The van der Waals surface area contributed by atoms with E-state index in [4.69, 9.17) is 25.9 Å². The minimum absolute atomic E-state index is 0.0990. The van der Waals surface area contributed by atoms with Crippen LogP contribution >= 0.6 is 11.6 Å². The molecule has 7 heteroatoms. The van der Waals surface area contributed by atoms with Crippen LogP contribution in [0.4, 0.5) is 0 Å². The van der Waals surface area contributed by atoms with Crippen molar-refractivity contribution in [3.05, 3.63) is 57.9 Å². The average molecular weight is 401 g/mol. The van der Waals surface area contributed by atoms with Crippen LogP contribution in [0.3, 0.4) is 0 Å². The number of benzene rings is 1. The molecule has 3 atom stereocenters. The number of oxime groups is 1. The Kier molecular flexibility index (Phi) is 5.33.